The number of carbonyl (C=O) groups excluding carboxylic acids is 1. The third-order valence-corrected chi connectivity index (χ3v) is 7.72. The molecule has 2 saturated heterocycles. The van der Waals surface area contributed by atoms with Gasteiger partial charge in [-0.1, -0.05) is 11.6 Å². The number of amides is 1. The van der Waals surface area contributed by atoms with Crippen molar-refractivity contribution < 1.29 is 23.4 Å². The Morgan fingerprint density at radius 3 is 2.59 bits per heavy atom. The Hall–Kier alpha value is -1.95. The number of anilines is 1. The lowest BCUT2D eigenvalue weighted by molar-refractivity contribution is 0.0129. The monoisotopic (exact) mass is 601 g/mol. The molecule has 9 nitrogen and oxygen atoms in total. The lowest BCUT2D eigenvalue weighted by Gasteiger charge is -2.44. The topological polar surface area (TPSA) is 80.3 Å². The molecule has 0 spiro atoms. The molecule has 2 atom stereocenters. The van der Waals surface area contributed by atoms with E-state index in [2.05, 4.69) is 25.8 Å². The van der Waals surface area contributed by atoms with Crippen LogP contribution in [0.5, 0.6) is 6.01 Å². The minimum absolute atomic E-state index is 0.0957. The van der Waals surface area contributed by atoms with E-state index < -0.39 is 11.4 Å². The predicted octanol–water partition coefficient (Wildman–Crippen LogP) is 4.73. The molecule has 1 amide bonds. The summed E-state index contributed by atoms with van der Waals surface area (Å²) < 4.78 is 32.4. The highest BCUT2D eigenvalue weighted by Gasteiger charge is 2.36. The van der Waals surface area contributed by atoms with Crippen LogP contribution in [0.2, 0.25) is 5.02 Å². The summed E-state index contributed by atoms with van der Waals surface area (Å²) in [6, 6.07) is 1.46. The van der Waals surface area contributed by atoms with Crippen molar-refractivity contribution in [3.05, 3.63) is 21.4 Å². The van der Waals surface area contributed by atoms with Gasteiger partial charge in [0, 0.05) is 50.2 Å². The van der Waals surface area contributed by atoms with Crippen LogP contribution in [0.15, 0.2) is 10.5 Å². The molecular formula is C25H34BrClFN5O4. The molecular weight excluding hydrogens is 569 g/mol. The van der Waals surface area contributed by atoms with E-state index in [1.807, 2.05) is 39.5 Å². The number of piperazine rings is 1. The fraction of sp³-hybridized carbons (Fsp3) is 0.640. The fourth-order valence-electron chi connectivity index (χ4n) is 4.51. The van der Waals surface area contributed by atoms with Crippen LogP contribution in [0.4, 0.5) is 15.0 Å². The van der Waals surface area contributed by atoms with Crippen molar-refractivity contribution in [2.45, 2.75) is 52.3 Å². The third kappa shape index (κ3) is 6.55. The number of hydrogen-bond acceptors (Lipinski definition) is 8. The molecule has 12 heteroatoms. The van der Waals surface area contributed by atoms with Crippen LogP contribution >= 0.6 is 27.5 Å². The molecule has 2 aliphatic heterocycles. The van der Waals surface area contributed by atoms with Gasteiger partial charge in [0.15, 0.2) is 5.82 Å². The first kappa shape index (κ1) is 28.1. The summed E-state index contributed by atoms with van der Waals surface area (Å²) in [6.07, 6.45) is -0.357. The van der Waals surface area contributed by atoms with Crippen molar-refractivity contribution >= 4 is 50.3 Å². The predicted molar refractivity (Wildman–Crippen MR) is 144 cm³/mol. The Labute approximate surface area is 230 Å². The van der Waals surface area contributed by atoms with Crippen molar-refractivity contribution in [2.24, 2.45) is 0 Å². The van der Waals surface area contributed by atoms with Gasteiger partial charge in [0.05, 0.1) is 22.7 Å². The second kappa shape index (κ2) is 11.4. The Morgan fingerprint density at radius 2 is 1.92 bits per heavy atom. The Balaban J connectivity index is 1.62. The zero-order chi connectivity index (χ0) is 26.9. The first-order valence-corrected chi connectivity index (χ1v) is 13.7. The van der Waals surface area contributed by atoms with Gasteiger partial charge in [0.1, 0.15) is 23.5 Å². The number of aromatic nitrogens is 2. The van der Waals surface area contributed by atoms with E-state index in [1.54, 1.807) is 11.0 Å². The second-order valence-corrected chi connectivity index (χ2v) is 11.7. The average Bonchev–Trinajstić information content (AvgIpc) is 2.83. The number of nitrogens with zero attached hydrogens (tertiary/aromatic N) is 5. The first-order valence-electron chi connectivity index (χ1n) is 12.5. The number of fused-ring (bicyclic) bond motifs is 1. The van der Waals surface area contributed by atoms with Crippen molar-refractivity contribution in [3.63, 3.8) is 0 Å². The molecule has 0 saturated carbocycles. The van der Waals surface area contributed by atoms with Crippen LogP contribution in [0.1, 0.15) is 34.6 Å². The van der Waals surface area contributed by atoms with Gasteiger partial charge in [-0.3, -0.25) is 4.90 Å². The maximum Gasteiger partial charge on any atom is 0.410 e. The molecule has 0 bridgehead atoms. The average molecular weight is 603 g/mol. The molecule has 1 aromatic heterocycles. The standard InChI is InChI=1S/C25H34BrClFN5O4/c1-15-14-33(24(34)37-25(3,4)5)16(2)13-32(15)22-17-12-18(27)19(26)20(28)21(17)29-23(30-22)36-11-8-31-6-9-35-10-7-31/h12,15-16H,6-11,13-14H2,1-5H3/t15-,16+/m0/s1. The van der Waals surface area contributed by atoms with Crippen molar-refractivity contribution in [1.82, 2.24) is 19.8 Å². The van der Waals surface area contributed by atoms with Gasteiger partial charge in [0.2, 0.25) is 0 Å². The van der Waals surface area contributed by atoms with E-state index in [0.29, 0.717) is 50.7 Å². The van der Waals surface area contributed by atoms with E-state index >= 15 is 4.39 Å². The smallest absolute Gasteiger partial charge is 0.410 e. The van der Waals surface area contributed by atoms with E-state index in [1.165, 1.54) is 0 Å². The van der Waals surface area contributed by atoms with Gasteiger partial charge in [-0.15, -0.1) is 0 Å². The summed E-state index contributed by atoms with van der Waals surface area (Å²) in [5.74, 6) is -0.0554. The van der Waals surface area contributed by atoms with Gasteiger partial charge in [-0.25, -0.2) is 9.18 Å². The summed E-state index contributed by atoms with van der Waals surface area (Å²) >= 11 is 9.55. The summed E-state index contributed by atoms with van der Waals surface area (Å²) in [4.78, 5) is 27.9. The molecule has 4 rings (SSSR count). The first-order chi connectivity index (χ1) is 17.4. The normalized spacial score (nSPS) is 21.4. The molecule has 1 aromatic carbocycles. The van der Waals surface area contributed by atoms with Crippen LogP contribution in [-0.2, 0) is 9.47 Å². The second-order valence-electron chi connectivity index (χ2n) is 10.5. The van der Waals surface area contributed by atoms with Gasteiger partial charge >= 0.3 is 12.1 Å². The van der Waals surface area contributed by atoms with E-state index in [-0.39, 0.29) is 39.2 Å². The third-order valence-electron chi connectivity index (χ3n) is 6.41. The fourth-order valence-corrected chi connectivity index (χ4v) is 5.00. The van der Waals surface area contributed by atoms with E-state index in [9.17, 15) is 4.79 Å². The molecule has 0 radical (unpaired) electrons. The van der Waals surface area contributed by atoms with Gasteiger partial charge in [-0.05, 0) is 56.6 Å². The van der Waals surface area contributed by atoms with Crippen LogP contribution in [-0.4, -0.2) is 96.1 Å². The molecule has 37 heavy (non-hydrogen) atoms. The number of carbonyl (C=O) groups is 1. The lowest BCUT2D eigenvalue weighted by atomic mass is 10.1. The summed E-state index contributed by atoms with van der Waals surface area (Å²) in [7, 11) is 0. The van der Waals surface area contributed by atoms with Gasteiger partial charge in [0.25, 0.3) is 0 Å². The number of rotatable bonds is 5. The quantitative estimate of drug-likeness (QED) is 0.455. The minimum atomic E-state index is -0.588. The molecule has 204 valence electrons. The van der Waals surface area contributed by atoms with Gasteiger partial charge in [-0.2, -0.15) is 9.97 Å². The van der Waals surface area contributed by atoms with Crippen molar-refractivity contribution in [3.8, 4) is 6.01 Å². The molecule has 2 fully saturated rings. The number of hydrogen-bond donors (Lipinski definition) is 0. The lowest BCUT2D eigenvalue weighted by Crippen LogP contribution is -2.59. The molecule has 3 heterocycles. The summed E-state index contributed by atoms with van der Waals surface area (Å²) in [6.45, 7) is 14.5. The highest BCUT2D eigenvalue weighted by molar-refractivity contribution is 9.10. The van der Waals surface area contributed by atoms with Crippen molar-refractivity contribution in [2.75, 3.05) is 57.4 Å². The molecule has 2 aromatic rings. The zero-order valence-electron chi connectivity index (χ0n) is 21.9. The highest BCUT2D eigenvalue weighted by Crippen LogP contribution is 2.37. The maximum atomic E-state index is 15.3. The van der Waals surface area contributed by atoms with Gasteiger partial charge < -0.3 is 24.0 Å². The SMILES string of the molecule is C[C@@H]1CN(c2nc(OCCN3CCOCC3)nc3c(F)c(Br)c(Cl)cc23)[C@@H](C)CN1C(=O)OC(C)(C)C. The number of benzene rings is 1. The summed E-state index contributed by atoms with van der Waals surface area (Å²) in [5.41, 5.74) is -0.466. The largest absolute Gasteiger partial charge is 0.462 e. The zero-order valence-corrected chi connectivity index (χ0v) is 24.2. The molecule has 0 N–H and O–H groups in total. The summed E-state index contributed by atoms with van der Waals surface area (Å²) in [5, 5.41) is 0.708. The molecule has 0 aliphatic carbocycles. The van der Waals surface area contributed by atoms with E-state index in [4.69, 9.17) is 30.8 Å². The molecule has 0 unspecified atom stereocenters. The van der Waals surface area contributed by atoms with Crippen molar-refractivity contribution in [1.29, 1.82) is 0 Å². The Morgan fingerprint density at radius 1 is 1.22 bits per heavy atom. The highest BCUT2D eigenvalue weighted by atomic mass is 79.9. The number of ether oxygens (including phenoxy) is 3. The Bertz CT molecular complexity index is 1140. The molecule has 2 aliphatic rings. The van der Waals surface area contributed by atoms with E-state index in [0.717, 1.165) is 13.1 Å². The maximum absolute atomic E-state index is 15.3. The van der Waals surface area contributed by atoms with Crippen LogP contribution in [0.25, 0.3) is 10.9 Å². The van der Waals surface area contributed by atoms with Crippen LogP contribution in [0, 0.1) is 5.82 Å². The minimum Gasteiger partial charge on any atom is -0.462 e. The Kier molecular flexibility index (Phi) is 8.67. The number of morpholine rings is 1. The number of halogens is 3. The van der Waals surface area contributed by atoms with Crippen LogP contribution in [0.3, 0.4) is 0 Å². The van der Waals surface area contributed by atoms with Crippen LogP contribution < -0.4 is 9.64 Å².